The van der Waals surface area contributed by atoms with Gasteiger partial charge in [-0.25, -0.2) is 4.21 Å². The van der Waals surface area contributed by atoms with Crippen LogP contribution in [0.1, 0.15) is 11.1 Å². The molecule has 0 aliphatic heterocycles. The van der Waals surface area contributed by atoms with Gasteiger partial charge in [-0.3, -0.25) is 8.98 Å². The predicted molar refractivity (Wildman–Crippen MR) is 80.6 cm³/mol. The van der Waals surface area contributed by atoms with Crippen LogP contribution in [0.3, 0.4) is 0 Å². The first-order valence-electron chi connectivity index (χ1n) is 5.47. The van der Waals surface area contributed by atoms with Crippen molar-refractivity contribution in [3.05, 3.63) is 42.5 Å². The van der Waals surface area contributed by atoms with Crippen LogP contribution in [0.15, 0.2) is 31.4 Å². The molecule has 106 valence electrons. The Morgan fingerprint density at radius 1 is 1.37 bits per heavy atom. The molecular formula is C13H18ClNO3S. The molecule has 1 rings (SSSR count). The lowest BCUT2D eigenvalue weighted by atomic mass is 10.1. The number of hydrogen-bond acceptors (Lipinski definition) is 3. The van der Waals surface area contributed by atoms with Crippen molar-refractivity contribution in [1.82, 2.24) is 0 Å². The summed E-state index contributed by atoms with van der Waals surface area (Å²) in [6.07, 6.45) is 0. The highest BCUT2D eigenvalue weighted by Gasteiger charge is 2.09. The van der Waals surface area contributed by atoms with Crippen molar-refractivity contribution in [2.45, 2.75) is 13.8 Å². The van der Waals surface area contributed by atoms with Crippen molar-refractivity contribution < 1.29 is 13.2 Å². The Labute approximate surface area is 121 Å². The first-order valence-corrected chi connectivity index (χ1v) is 7.25. The van der Waals surface area contributed by atoms with E-state index in [2.05, 4.69) is 22.7 Å². The average Bonchev–Trinajstić information content (AvgIpc) is 2.36. The number of benzene rings is 1. The minimum Gasteiger partial charge on any atom is -0.325 e. The molecule has 1 aromatic rings. The Balaban J connectivity index is 0.00000154. The van der Waals surface area contributed by atoms with E-state index < -0.39 is 11.1 Å². The van der Waals surface area contributed by atoms with E-state index in [-0.39, 0.29) is 17.7 Å². The zero-order chi connectivity index (χ0) is 14.8. The summed E-state index contributed by atoms with van der Waals surface area (Å²) in [7, 11) is 0. The summed E-state index contributed by atoms with van der Waals surface area (Å²) in [5.74, 6) is -0.587. The maximum Gasteiger partial charge on any atom is 0.239 e. The highest BCUT2D eigenvalue weighted by molar-refractivity contribution is 7.81. The second kappa shape index (κ2) is 9.72. The zero-order valence-corrected chi connectivity index (χ0v) is 12.6. The number of aryl methyl sites for hydroxylation is 2. The lowest BCUT2D eigenvalue weighted by Crippen LogP contribution is -2.20. The summed E-state index contributed by atoms with van der Waals surface area (Å²) in [4.78, 5) is 11.5. The number of carbonyl (C=O) groups excluding carboxylic acids is 1. The van der Waals surface area contributed by atoms with Gasteiger partial charge in [0, 0.05) is 5.69 Å². The van der Waals surface area contributed by atoms with E-state index in [9.17, 15) is 9.00 Å². The van der Waals surface area contributed by atoms with Gasteiger partial charge in [0.15, 0.2) is 11.1 Å². The van der Waals surface area contributed by atoms with Crippen LogP contribution >= 0.6 is 11.6 Å². The van der Waals surface area contributed by atoms with E-state index in [1.165, 1.54) is 0 Å². The van der Waals surface area contributed by atoms with Gasteiger partial charge in [-0.1, -0.05) is 17.7 Å². The van der Waals surface area contributed by atoms with Crippen molar-refractivity contribution in [2.75, 3.05) is 17.1 Å². The smallest absolute Gasteiger partial charge is 0.239 e. The minimum absolute atomic E-state index is 0.191. The van der Waals surface area contributed by atoms with Crippen LogP contribution < -0.4 is 5.32 Å². The summed E-state index contributed by atoms with van der Waals surface area (Å²) in [5.41, 5.74) is 2.92. The van der Waals surface area contributed by atoms with E-state index in [4.69, 9.17) is 11.6 Å². The highest BCUT2D eigenvalue weighted by atomic mass is 35.5. The largest absolute Gasteiger partial charge is 0.325 e. The Morgan fingerprint density at radius 3 is 2.53 bits per heavy atom. The number of carbonyl (C=O) groups is 1. The average molecular weight is 304 g/mol. The molecule has 0 aromatic heterocycles. The molecule has 1 aromatic carbocycles. The molecule has 0 aliphatic rings. The second-order valence-corrected chi connectivity index (χ2v) is 4.87. The van der Waals surface area contributed by atoms with Gasteiger partial charge >= 0.3 is 0 Å². The monoisotopic (exact) mass is 303 g/mol. The third-order valence-electron chi connectivity index (χ3n) is 2.22. The molecule has 0 heterocycles. The van der Waals surface area contributed by atoms with E-state index in [1.54, 1.807) is 6.07 Å². The Kier molecular flexibility index (Phi) is 9.12. The molecule has 0 saturated heterocycles. The van der Waals surface area contributed by atoms with Crippen molar-refractivity contribution in [2.24, 2.45) is 0 Å². The standard InChI is InChI=1S/C11H14ClNO3S.C2H4/c1-8-3-4-10(5-9(8)2)13-11(14)6-17(15)16-7-12;1-2/h3-5H,6-7H2,1-2H3,(H,13,14);1-2H2. The molecule has 1 amide bonds. The predicted octanol–water partition coefficient (Wildman–Crippen LogP) is 2.92. The van der Waals surface area contributed by atoms with Crippen LogP contribution in [0.25, 0.3) is 0 Å². The Hall–Kier alpha value is -1.17. The summed E-state index contributed by atoms with van der Waals surface area (Å²) in [6, 6.07) is 5.38. The minimum atomic E-state index is -1.68. The number of alkyl halides is 1. The first-order chi connectivity index (χ1) is 9.02. The molecule has 6 heteroatoms. The molecule has 1 N–H and O–H groups in total. The quantitative estimate of drug-likeness (QED) is 0.672. The number of hydrogen-bond donors (Lipinski definition) is 1. The second-order valence-electron chi connectivity index (χ2n) is 3.52. The third kappa shape index (κ3) is 7.10. The molecule has 0 fully saturated rings. The molecule has 0 radical (unpaired) electrons. The fourth-order valence-corrected chi connectivity index (χ4v) is 1.98. The van der Waals surface area contributed by atoms with Crippen LogP contribution in [-0.4, -0.2) is 21.9 Å². The lowest BCUT2D eigenvalue weighted by Gasteiger charge is -2.07. The maximum atomic E-state index is 11.5. The van der Waals surface area contributed by atoms with E-state index >= 15 is 0 Å². The normalized spacial score (nSPS) is 11.1. The van der Waals surface area contributed by atoms with Gasteiger partial charge < -0.3 is 5.32 Å². The maximum absolute atomic E-state index is 11.5. The molecule has 0 bridgehead atoms. The molecular weight excluding hydrogens is 286 g/mol. The fourth-order valence-electron chi connectivity index (χ4n) is 1.21. The van der Waals surface area contributed by atoms with Crippen LogP contribution in [0.4, 0.5) is 5.69 Å². The van der Waals surface area contributed by atoms with Gasteiger partial charge in [0.1, 0.15) is 11.8 Å². The van der Waals surface area contributed by atoms with Crippen LogP contribution in [0, 0.1) is 13.8 Å². The van der Waals surface area contributed by atoms with Crippen LogP contribution in [0.5, 0.6) is 0 Å². The summed E-state index contributed by atoms with van der Waals surface area (Å²) < 4.78 is 15.7. The summed E-state index contributed by atoms with van der Waals surface area (Å²) in [5, 5.41) is 2.64. The van der Waals surface area contributed by atoms with E-state index in [0.717, 1.165) is 11.1 Å². The highest BCUT2D eigenvalue weighted by Crippen LogP contribution is 2.14. The lowest BCUT2D eigenvalue weighted by molar-refractivity contribution is -0.113. The van der Waals surface area contributed by atoms with Gasteiger partial charge in [0.2, 0.25) is 5.91 Å². The number of amides is 1. The zero-order valence-electron chi connectivity index (χ0n) is 11.1. The van der Waals surface area contributed by atoms with Gasteiger partial charge in [-0.05, 0) is 37.1 Å². The Morgan fingerprint density at radius 2 is 2.00 bits per heavy atom. The van der Waals surface area contributed by atoms with E-state index in [0.29, 0.717) is 5.69 Å². The third-order valence-corrected chi connectivity index (χ3v) is 3.33. The van der Waals surface area contributed by atoms with Gasteiger partial charge in [0.05, 0.1) is 0 Å². The first kappa shape index (κ1) is 17.8. The summed E-state index contributed by atoms with van der Waals surface area (Å²) >= 11 is 3.55. The fraction of sp³-hybridized carbons (Fsp3) is 0.308. The van der Waals surface area contributed by atoms with Gasteiger partial charge in [-0.15, -0.1) is 13.2 Å². The van der Waals surface area contributed by atoms with Crippen LogP contribution in [-0.2, 0) is 20.1 Å². The van der Waals surface area contributed by atoms with E-state index in [1.807, 2.05) is 26.0 Å². The number of nitrogens with one attached hydrogen (secondary N) is 1. The molecule has 0 aliphatic carbocycles. The van der Waals surface area contributed by atoms with Gasteiger partial charge in [-0.2, -0.15) is 0 Å². The van der Waals surface area contributed by atoms with Crippen molar-refractivity contribution >= 4 is 34.3 Å². The van der Waals surface area contributed by atoms with Crippen LogP contribution in [0.2, 0.25) is 0 Å². The van der Waals surface area contributed by atoms with Crippen molar-refractivity contribution in [3.8, 4) is 0 Å². The number of halogens is 1. The SMILES string of the molecule is C=C.Cc1ccc(NC(=O)CS(=O)OCCl)cc1C. The Bertz CT molecular complexity index is 452. The molecule has 0 saturated carbocycles. The molecule has 4 nitrogen and oxygen atoms in total. The molecule has 19 heavy (non-hydrogen) atoms. The summed E-state index contributed by atoms with van der Waals surface area (Å²) in [6.45, 7) is 9.95. The molecule has 1 atom stereocenters. The van der Waals surface area contributed by atoms with Crippen molar-refractivity contribution in [1.29, 1.82) is 0 Å². The number of rotatable bonds is 5. The molecule has 0 spiro atoms. The topological polar surface area (TPSA) is 55.4 Å². The van der Waals surface area contributed by atoms with Crippen molar-refractivity contribution in [3.63, 3.8) is 0 Å². The molecule has 1 unspecified atom stereocenters. The van der Waals surface area contributed by atoms with Gasteiger partial charge in [0.25, 0.3) is 0 Å². The number of anilines is 1.